The zero-order chi connectivity index (χ0) is 13.9. The molecule has 0 bridgehead atoms. The Labute approximate surface area is 111 Å². The van der Waals surface area contributed by atoms with Gasteiger partial charge in [0, 0.05) is 43.0 Å². The first kappa shape index (κ1) is 15.2. The molecule has 104 valence electrons. The molecule has 0 aromatic carbocycles. The van der Waals surface area contributed by atoms with Crippen molar-refractivity contribution in [2.45, 2.75) is 59.7 Å². The monoisotopic (exact) mass is 252 g/mol. The summed E-state index contributed by atoms with van der Waals surface area (Å²) in [6, 6.07) is 0.447. The van der Waals surface area contributed by atoms with Crippen molar-refractivity contribution in [2.75, 3.05) is 6.54 Å². The highest BCUT2D eigenvalue weighted by molar-refractivity contribution is 5.24. The third-order valence-electron chi connectivity index (χ3n) is 3.22. The largest absolute Gasteiger partial charge is 0.311 e. The highest BCUT2D eigenvalue weighted by Crippen LogP contribution is 2.11. The number of aromatic nitrogens is 2. The van der Waals surface area contributed by atoms with Crippen molar-refractivity contribution < 1.29 is 0 Å². The van der Waals surface area contributed by atoms with Crippen LogP contribution in [0.5, 0.6) is 0 Å². The van der Waals surface area contributed by atoms with E-state index >= 15 is 0 Å². The minimum absolute atomic E-state index is 0.177. The fraction of sp³-hybridized carbons (Fsp3) is 0.786. The van der Waals surface area contributed by atoms with Gasteiger partial charge in [0.1, 0.15) is 0 Å². The van der Waals surface area contributed by atoms with Crippen LogP contribution in [0.25, 0.3) is 0 Å². The minimum Gasteiger partial charge on any atom is -0.311 e. The molecule has 0 aliphatic rings. The van der Waals surface area contributed by atoms with Gasteiger partial charge < -0.3 is 10.6 Å². The van der Waals surface area contributed by atoms with Crippen LogP contribution >= 0.6 is 0 Å². The third-order valence-corrected chi connectivity index (χ3v) is 3.22. The summed E-state index contributed by atoms with van der Waals surface area (Å²) in [5.41, 5.74) is 3.87. The Kier molecular flexibility index (Phi) is 4.93. The van der Waals surface area contributed by atoms with Crippen molar-refractivity contribution in [3.63, 3.8) is 0 Å². The Bertz CT molecular complexity index is 387. The second-order valence-electron chi connectivity index (χ2n) is 6.19. The maximum Gasteiger partial charge on any atom is 0.0641 e. The normalized spacial score (nSPS) is 13.9. The lowest BCUT2D eigenvalue weighted by Crippen LogP contribution is -2.44. The molecule has 1 atom stereocenters. The fourth-order valence-corrected chi connectivity index (χ4v) is 1.88. The van der Waals surface area contributed by atoms with Crippen LogP contribution in [0.15, 0.2) is 0 Å². The molecule has 4 nitrogen and oxygen atoms in total. The number of hydrogen-bond donors (Lipinski definition) is 2. The number of aryl methyl sites for hydroxylation is 2. The molecule has 0 fully saturated rings. The molecule has 0 amide bonds. The summed E-state index contributed by atoms with van der Waals surface area (Å²) < 4.78 is 1.95. The lowest BCUT2D eigenvalue weighted by molar-refractivity contribution is 0.387. The Morgan fingerprint density at radius 2 is 1.89 bits per heavy atom. The van der Waals surface area contributed by atoms with Gasteiger partial charge in [0.2, 0.25) is 0 Å². The number of nitrogens with one attached hydrogen (secondary N) is 2. The average molecular weight is 252 g/mol. The molecule has 0 saturated carbocycles. The highest BCUT2D eigenvalue weighted by atomic mass is 15.3. The third kappa shape index (κ3) is 4.42. The molecular weight excluding hydrogens is 224 g/mol. The van der Waals surface area contributed by atoms with Gasteiger partial charge in [-0.2, -0.15) is 5.10 Å². The predicted molar refractivity (Wildman–Crippen MR) is 76.7 cm³/mol. The molecule has 1 aromatic heterocycles. The van der Waals surface area contributed by atoms with E-state index < -0.39 is 0 Å². The smallest absolute Gasteiger partial charge is 0.0641 e. The van der Waals surface area contributed by atoms with Crippen LogP contribution in [0.1, 0.15) is 44.6 Å². The molecule has 0 radical (unpaired) electrons. The molecule has 0 spiro atoms. The van der Waals surface area contributed by atoms with E-state index in [-0.39, 0.29) is 5.54 Å². The van der Waals surface area contributed by atoms with Crippen LogP contribution in [0.4, 0.5) is 0 Å². The van der Waals surface area contributed by atoms with E-state index in [4.69, 9.17) is 0 Å². The van der Waals surface area contributed by atoms with E-state index in [1.165, 1.54) is 11.3 Å². The first-order valence-electron chi connectivity index (χ1n) is 6.68. The molecule has 2 N–H and O–H groups in total. The number of hydrogen-bond acceptors (Lipinski definition) is 3. The molecule has 1 heterocycles. The summed E-state index contributed by atoms with van der Waals surface area (Å²) in [6.45, 7) is 14.8. The molecule has 1 rings (SSSR count). The summed E-state index contributed by atoms with van der Waals surface area (Å²) >= 11 is 0. The lowest BCUT2D eigenvalue weighted by atomic mass is 10.1. The molecule has 0 aliphatic carbocycles. The highest BCUT2D eigenvalue weighted by Gasteiger charge is 2.13. The van der Waals surface area contributed by atoms with E-state index in [2.05, 4.69) is 57.3 Å². The zero-order valence-electron chi connectivity index (χ0n) is 12.9. The minimum atomic E-state index is 0.177. The van der Waals surface area contributed by atoms with Crippen LogP contribution < -0.4 is 10.6 Å². The van der Waals surface area contributed by atoms with Crippen molar-refractivity contribution in [1.82, 2.24) is 20.4 Å². The zero-order valence-corrected chi connectivity index (χ0v) is 12.9. The van der Waals surface area contributed by atoms with E-state index in [0.717, 1.165) is 18.8 Å². The Balaban J connectivity index is 2.45. The molecule has 4 heteroatoms. The van der Waals surface area contributed by atoms with Crippen LogP contribution in [-0.4, -0.2) is 27.9 Å². The summed E-state index contributed by atoms with van der Waals surface area (Å²) in [5.74, 6) is 0. The fourth-order valence-electron chi connectivity index (χ4n) is 1.88. The quantitative estimate of drug-likeness (QED) is 0.841. The van der Waals surface area contributed by atoms with Crippen LogP contribution in [0.3, 0.4) is 0 Å². The van der Waals surface area contributed by atoms with Crippen molar-refractivity contribution in [1.29, 1.82) is 0 Å². The average Bonchev–Trinajstić information content (AvgIpc) is 2.47. The summed E-state index contributed by atoms with van der Waals surface area (Å²) in [7, 11) is 2.00. The molecule has 1 aromatic rings. The molecular formula is C14H28N4. The van der Waals surface area contributed by atoms with Crippen molar-refractivity contribution >= 4 is 0 Å². The Hall–Kier alpha value is -0.870. The van der Waals surface area contributed by atoms with Crippen molar-refractivity contribution in [2.24, 2.45) is 7.05 Å². The first-order chi connectivity index (χ1) is 8.20. The number of rotatable bonds is 5. The van der Waals surface area contributed by atoms with Gasteiger partial charge in [0.05, 0.1) is 5.69 Å². The molecule has 0 aliphatic heterocycles. The standard InChI is InChI=1S/C14H28N4/c1-10(8-16-14(4,5)6)15-9-13-11(2)17-18(7)12(13)3/h10,15-16H,8-9H2,1-7H3. The van der Waals surface area contributed by atoms with Gasteiger partial charge in [0.15, 0.2) is 0 Å². The van der Waals surface area contributed by atoms with E-state index in [1.807, 2.05) is 11.7 Å². The first-order valence-corrected chi connectivity index (χ1v) is 6.68. The van der Waals surface area contributed by atoms with Gasteiger partial charge in [-0.3, -0.25) is 4.68 Å². The second kappa shape index (κ2) is 5.85. The Morgan fingerprint density at radius 1 is 1.28 bits per heavy atom. The Morgan fingerprint density at radius 3 is 2.33 bits per heavy atom. The van der Waals surface area contributed by atoms with Gasteiger partial charge in [-0.1, -0.05) is 0 Å². The van der Waals surface area contributed by atoms with Crippen molar-refractivity contribution in [3.05, 3.63) is 17.0 Å². The van der Waals surface area contributed by atoms with Crippen LogP contribution in [-0.2, 0) is 13.6 Å². The summed E-state index contributed by atoms with van der Waals surface area (Å²) in [4.78, 5) is 0. The summed E-state index contributed by atoms with van der Waals surface area (Å²) in [6.07, 6.45) is 0. The van der Waals surface area contributed by atoms with E-state index in [1.54, 1.807) is 0 Å². The molecule has 1 unspecified atom stereocenters. The van der Waals surface area contributed by atoms with Crippen molar-refractivity contribution in [3.8, 4) is 0 Å². The second-order valence-corrected chi connectivity index (χ2v) is 6.19. The van der Waals surface area contributed by atoms with Gasteiger partial charge in [-0.15, -0.1) is 0 Å². The molecule has 0 saturated heterocycles. The topological polar surface area (TPSA) is 41.9 Å². The number of nitrogens with zero attached hydrogens (tertiary/aromatic N) is 2. The maximum absolute atomic E-state index is 4.43. The predicted octanol–water partition coefficient (Wildman–Crippen LogP) is 1.90. The molecule has 18 heavy (non-hydrogen) atoms. The van der Waals surface area contributed by atoms with Crippen LogP contribution in [0.2, 0.25) is 0 Å². The van der Waals surface area contributed by atoms with Gasteiger partial charge in [-0.25, -0.2) is 0 Å². The SMILES string of the molecule is Cc1nn(C)c(C)c1CNC(C)CNC(C)(C)C. The van der Waals surface area contributed by atoms with E-state index in [0.29, 0.717) is 6.04 Å². The maximum atomic E-state index is 4.43. The summed E-state index contributed by atoms with van der Waals surface area (Å²) in [5, 5.41) is 11.5. The van der Waals surface area contributed by atoms with E-state index in [9.17, 15) is 0 Å². The van der Waals surface area contributed by atoms with Crippen LogP contribution in [0, 0.1) is 13.8 Å². The lowest BCUT2D eigenvalue weighted by Gasteiger charge is -2.24. The van der Waals surface area contributed by atoms with Gasteiger partial charge in [0.25, 0.3) is 0 Å². The van der Waals surface area contributed by atoms with Gasteiger partial charge >= 0.3 is 0 Å². The van der Waals surface area contributed by atoms with Gasteiger partial charge in [-0.05, 0) is 41.5 Å².